The molecule has 2 aromatic rings. The third-order valence-electron chi connectivity index (χ3n) is 4.43. The molecule has 1 fully saturated rings. The van der Waals surface area contributed by atoms with Crippen molar-refractivity contribution in [3.05, 3.63) is 42.1 Å². The van der Waals surface area contributed by atoms with Gasteiger partial charge in [0.25, 0.3) is 0 Å². The summed E-state index contributed by atoms with van der Waals surface area (Å²) in [5.41, 5.74) is 3.37. The number of benzene rings is 1. The zero-order valence-electron chi connectivity index (χ0n) is 13.5. The standard InChI is InChI=1S/C18H23N3O2/c1-20(13-17(22)23)12-15-11-19-21(16-9-5-6-10-16)18(15)14-7-3-2-4-8-14/h2-4,7-8,11,16H,5-6,9-10,12-13H2,1H3,(H,22,23). The predicted molar refractivity (Wildman–Crippen MR) is 89.1 cm³/mol. The lowest BCUT2D eigenvalue weighted by molar-refractivity contribution is -0.138. The number of hydrogen-bond donors (Lipinski definition) is 1. The quantitative estimate of drug-likeness (QED) is 0.890. The second kappa shape index (κ2) is 6.96. The van der Waals surface area contributed by atoms with Crippen LogP contribution in [0.5, 0.6) is 0 Å². The molecule has 1 saturated carbocycles. The number of aromatic nitrogens is 2. The van der Waals surface area contributed by atoms with Crippen LogP contribution in [-0.2, 0) is 11.3 Å². The normalized spacial score (nSPS) is 15.4. The van der Waals surface area contributed by atoms with E-state index in [4.69, 9.17) is 5.11 Å². The van der Waals surface area contributed by atoms with Crippen LogP contribution >= 0.6 is 0 Å². The number of nitrogens with zero attached hydrogens (tertiary/aromatic N) is 3. The van der Waals surface area contributed by atoms with Gasteiger partial charge in [0.05, 0.1) is 24.5 Å². The van der Waals surface area contributed by atoms with E-state index in [0.717, 1.165) is 16.8 Å². The molecule has 23 heavy (non-hydrogen) atoms. The molecule has 0 aliphatic heterocycles. The highest BCUT2D eigenvalue weighted by Gasteiger charge is 2.23. The van der Waals surface area contributed by atoms with Gasteiger partial charge in [-0.2, -0.15) is 5.10 Å². The molecule has 1 aromatic carbocycles. The van der Waals surface area contributed by atoms with E-state index in [1.54, 1.807) is 0 Å². The van der Waals surface area contributed by atoms with Crippen LogP contribution in [0.25, 0.3) is 11.3 Å². The van der Waals surface area contributed by atoms with Gasteiger partial charge in [-0.25, -0.2) is 0 Å². The maximum absolute atomic E-state index is 10.9. The third kappa shape index (κ3) is 3.62. The van der Waals surface area contributed by atoms with Crippen LogP contribution in [0.3, 0.4) is 0 Å². The molecule has 1 heterocycles. The van der Waals surface area contributed by atoms with Crippen molar-refractivity contribution in [1.29, 1.82) is 0 Å². The minimum atomic E-state index is -0.808. The Hall–Kier alpha value is -2.14. The van der Waals surface area contributed by atoms with Crippen molar-refractivity contribution >= 4 is 5.97 Å². The van der Waals surface area contributed by atoms with E-state index < -0.39 is 5.97 Å². The van der Waals surface area contributed by atoms with Gasteiger partial charge in [-0.15, -0.1) is 0 Å². The van der Waals surface area contributed by atoms with Crippen molar-refractivity contribution < 1.29 is 9.90 Å². The summed E-state index contributed by atoms with van der Waals surface area (Å²) >= 11 is 0. The number of aliphatic carboxylic acids is 1. The number of carboxylic acids is 1. The minimum Gasteiger partial charge on any atom is -0.480 e. The molecule has 1 N–H and O–H groups in total. The van der Waals surface area contributed by atoms with Gasteiger partial charge in [0.1, 0.15) is 0 Å². The molecule has 1 aliphatic carbocycles. The topological polar surface area (TPSA) is 58.4 Å². The molecule has 0 saturated heterocycles. The third-order valence-corrected chi connectivity index (χ3v) is 4.43. The molecule has 5 nitrogen and oxygen atoms in total. The first-order valence-electron chi connectivity index (χ1n) is 8.17. The van der Waals surface area contributed by atoms with Gasteiger partial charge in [-0.05, 0) is 19.9 Å². The summed E-state index contributed by atoms with van der Waals surface area (Å²) < 4.78 is 2.16. The monoisotopic (exact) mass is 313 g/mol. The van der Waals surface area contributed by atoms with Crippen molar-refractivity contribution in [2.75, 3.05) is 13.6 Å². The fourth-order valence-corrected chi connectivity index (χ4v) is 3.43. The average Bonchev–Trinajstić information content (AvgIpc) is 3.16. The lowest BCUT2D eigenvalue weighted by atomic mass is 10.1. The van der Waals surface area contributed by atoms with Crippen molar-refractivity contribution in [2.24, 2.45) is 0 Å². The molecule has 5 heteroatoms. The summed E-state index contributed by atoms with van der Waals surface area (Å²) in [7, 11) is 1.83. The molecule has 0 bridgehead atoms. The Morgan fingerprint density at radius 1 is 1.30 bits per heavy atom. The Morgan fingerprint density at radius 2 is 2.00 bits per heavy atom. The summed E-state index contributed by atoms with van der Waals surface area (Å²) in [6, 6.07) is 10.7. The van der Waals surface area contributed by atoms with Gasteiger partial charge in [-0.3, -0.25) is 14.4 Å². The van der Waals surface area contributed by atoms with Crippen LogP contribution in [0.15, 0.2) is 36.5 Å². The van der Waals surface area contributed by atoms with E-state index in [1.807, 2.05) is 36.3 Å². The Labute approximate surface area is 136 Å². The minimum absolute atomic E-state index is 0.0306. The highest BCUT2D eigenvalue weighted by atomic mass is 16.4. The van der Waals surface area contributed by atoms with Gasteiger partial charge < -0.3 is 5.11 Å². The summed E-state index contributed by atoms with van der Waals surface area (Å²) in [6.45, 7) is 0.617. The molecule has 0 amide bonds. The molecule has 0 unspecified atom stereocenters. The van der Waals surface area contributed by atoms with E-state index >= 15 is 0 Å². The fourth-order valence-electron chi connectivity index (χ4n) is 3.43. The van der Waals surface area contributed by atoms with E-state index in [2.05, 4.69) is 21.9 Å². The van der Waals surface area contributed by atoms with E-state index in [-0.39, 0.29) is 6.54 Å². The molecule has 1 aliphatic rings. The summed E-state index contributed by atoms with van der Waals surface area (Å²) in [5.74, 6) is -0.808. The largest absolute Gasteiger partial charge is 0.480 e. The smallest absolute Gasteiger partial charge is 0.317 e. The summed E-state index contributed by atoms with van der Waals surface area (Å²) in [6.07, 6.45) is 6.76. The summed E-state index contributed by atoms with van der Waals surface area (Å²) in [5, 5.41) is 13.6. The molecular formula is C18H23N3O2. The van der Waals surface area contributed by atoms with Crippen LogP contribution in [0, 0.1) is 0 Å². The predicted octanol–water partition coefficient (Wildman–Crippen LogP) is 3.18. The molecule has 3 rings (SSSR count). The van der Waals surface area contributed by atoms with E-state index in [0.29, 0.717) is 12.6 Å². The second-order valence-corrected chi connectivity index (χ2v) is 6.33. The SMILES string of the molecule is CN(CC(=O)O)Cc1cnn(C2CCCC2)c1-c1ccccc1. The Morgan fingerprint density at radius 3 is 2.65 bits per heavy atom. The van der Waals surface area contributed by atoms with Crippen molar-refractivity contribution in [3.8, 4) is 11.3 Å². The molecule has 0 atom stereocenters. The van der Waals surface area contributed by atoms with Gasteiger partial charge >= 0.3 is 5.97 Å². The lowest BCUT2D eigenvalue weighted by Crippen LogP contribution is -2.25. The Balaban J connectivity index is 1.94. The van der Waals surface area contributed by atoms with Gasteiger partial charge in [0, 0.05) is 17.7 Å². The molecule has 122 valence electrons. The maximum atomic E-state index is 10.9. The number of likely N-dealkylation sites (N-methyl/N-ethyl adjacent to an activating group) is 1. The number of carboxylic acid groups (broad SMARTS) is 1. The molecule has 0 spiro atoms. The Bertz CT molecular complexity index is 660. The van der Waals surface area contributed by atoms with E-state index in [9.17, 15) is 4.79 Å². The average molecular weight is 313 g/mol. The van der Waals surface area contributed by atoms with Gasteiger partial charge in [0.2, 0.25) is 0 Å². The molecule has 0 radical (unpaired) electrons. The first-order chi connectivity index (χ1) is 11.1. The van der Waals surface area contributed by atoms with Crippen molar-refractivity contribution in [1.82, 2.24) is 14.7 Å². The zero-order chi connectivity index (χ0) is 16.2. The summed E-state index contributed by atoms with van der Waals surface area (Å²) in [4.78, 5) is 12.7. The Kier molecular flexibility index (Phi) is 4.76. The highest BCUT2D eigenvalue weighted by molar-refractivity contribution is 5.69. The van der Waals surface area contributed by atoms with E-state index in [1.165, 1.54) is 25.7 Å². The van der Waals surface area contributed by atoms with Gasteiger partial charge in [0.15, 0.2) is 0 Å². The number of hydrogen-bond acceptors (Lipinski definition) is 3. The first kappa shape index (κ1) is 15.7. The highest BCUT2D eigenvalue weighted by Crippen LogP contribution is 2.35. The lowest BCUT2D eigenvalue weighted by Gasteiger charge is -2.18. The van der Waals surface area contributed by atoms with Crippen LogP contribution < -0.4 is 0 Å². The second-order valence-electron chi connectivity index (χ2n) is 6.33. The zero-order valence-corrected chi connectivity index (χ0v) is 13.5. The van der Waals surface area contributed by atoms with Gasteiger partial charge in [-0.1, -0.05) is 43.2 Å². The van der Waals surface area contributed by atoms with Crippen LogP contribution in [0.4, 0.5) is 0 Å². The van der Waals surface area contributed by atoms with Crippen molar-refractivity contribution in [3.63, 3.8) is 0 Å². The van der Waals surface area contributed by atoms with Crippen LogP contribution in [0.2, 0.25) is 0 Å². The van der Waals surface area contributed by atoms with Crippen molar-refractivity contribution in [2.45, 2.75) is 38.3 Å². The fraction of sp³-hybridized carbons (Fsp3) is 0.444. The maximum Gasteiger partial charge on any atom is 0.317 e. The number of rotatable bonds is 6. The first-order valence-corrected chi connectivity index (χ1v) is 8.17. The number of carbonyl (C=O) groups is 1. The molecular weight excluding hydrogens is 290 g/mol. The van der Waals surface area contributed by atoms with Crippen LogP contribution in [-0.4, -0.2) is 39.3 Å². The van der Waals surface area contributed by atoms with Crippen LogP contribution in [0.1, 0.15) is 37.3 Å². The molecule has 1 aromatic heterocycles.